The molecule has 0 aliphatic rings. The van der Waals surface area contributed by atoms with Crippen molar-refractivity contribution in [2.45, 2.75) is 212 Å². The summed E-state index contributed by atoms with van der Waals surface area (Å²) in [5.74, 6) is -0.222. The predicted octanol–water partition coefficient (Wildman–Crippen LogP) is 13.2. The predicted molar refractivity (Wildman–Crippen MR) is 251 cm³/mol. The molecule has 0 fully saturated rings. The van der Waals surface area contributed by atoms with E-state index in [0.717, 1.165) is 77.0 Å². The van der Waals surface area contributed by atoms with Crippen molar-refractivity contribution in [3.8, 4) is 0 Å². The average Bonchev–Trinajstić information content (AvgIpc) is 3.19. The maximum Gasteiger partial charge on any atom is 0.268 e. The number of carbonyl (C=O) groups is 1. The molecule has 59 heavy (non-hydrogen) atoms. The Hall–Kier alpha value is -1.80. The van der Waals surface area contributed by atoms with Crippen LogP contribution in [0.4, 0.5) is 0 Å². The van der Waals surface area contributed by atoms with Gasteiger partial charge in [0.05, 0.1) is 39.9 Å². The van der Waals surface area contributed by atoms with Gasteiger partial charge in [-0.05, 0) is 57.8 Å². The van der Waals surface area contributed by atoms with Crippen LogP contribution in [-0.4, -0.2) is 68.5 Å². The lowest BCUT2D eigenvalue weighted by atomic mass is 10.0. The van der Waals surface area contributed by atoms with E-state index in [-0.39, 0.29) is 12.5 Å². The normalized spacial score (nSPS) is 14.8. The Kier molecular flexibility index (Phi) is 40.3. The molecular formula is C50H93N2O6P. The van der Waals surface area contributed by atoms with Gasteiger partial charge in [0.25, 0.3) is 7.82 Å². The van der Waals surface area contributed by atoms with Gasteiger partial charge >= 0.3 is 0 Å². The molecule has 1 amide bonds. The summed E-state index contributed by atoms with van der Waals surface area (Å²) in [6.07, 6.45) is 54.1. The van der Waals surface area contributed by atoms with E-state index in [2.05, 4.69) is 67.8 Å². The highest BCUT2D eigenvalue weighted by Crippen LogP contribution is 2.38. The summed E-state index contributed by atoms with van der Waals surface area (Å²) in [4.78, 5) is 25.4. The average molecular weight is 849 g/mol. The van der Waals surface area contributed by atoms with Crippen LogP contribution in [0.2, 0.25) is 0 Å². The lowest BCUT2D eigenvalue weighted by molar-refractivity contribution is -0.870. The summed E-state index contributed by atoms with van der Waals surface area (Å²) in [5, 5.41) is 13.8. The molecule has 0 rings (SSSR count). The summed E-state index contributed by atoms with van der Waals surface area (Å²) in [6, 6.07) is -0.901. The molecule has 9 heteroatoms. The number of aliphatic hydroxyl groups is 1. The highest BCUT2D eigenvalue weighted by molar-refractivity contribution is 7.45. The molecule has 0 heterocycles. The van der Waals surface area contributed by atoms with Gasteiger partial charge in [0.15, 0.2) is 0 Å². The van der Waals surface area contributed by atoms with Gasteiger partial charge in [-0.2, -0.15) is 0 Å². The summed E-state index contributed by atoms with van der Waals surface area (Å²) in [6.45, 7) is 4.51. The second-order valence-corrected chi connectivity index (χ2v) is 18.8. The fraction of sp³-hybridized carbons (Fsp3) is 0.780. The number of rotatable bonds is 43. The maximum absolute atomic E-state index is 12.9. The molecule has 2 N–H and O–H groups in total. The van der Waals surface area contributed by atoms with Crippen molar-refractivity contribution < 1.29 is 32.9 Å². The van der Waals surface area contributed by atoms with Crippen molar-refractivity contribution >= 4 is 13.7 Å². The first-order valence-corrected chi connectivity index (χ1v) is 25.6. The Balaban J connectivity index is 4.41. The monoisotopic (exact) mass is 849 g/mol. The number of nitrogens with zero attached hydrogens (tertiary/aromatic N) is 1. The quantitative estimate of drug-likeness (QED) is 0.0274. The van der Waals surface area contributed by atoms with E-state index in [1.165, 1.54) is 103 Å². The zero-order chi connectivity index (χ0) is 43.6. The molecule has 0 aliphatic heterocycles. The second-order valence-electron chi connectivity index (χ2n) is 17.4. The number of phosphoric acid groups is 1. The first-order valence-electron chi connectivity index (χ1n) is 24.2. The molecule has 0 aromatic carbocycles. The summed E-state index contributed by atoms with van der Waals surface area (Å²) >= 11 is 0. The number of aliphatic hydroxyl groups excluding tert-OH is 1. The van der Waals surface area contributed by atoms with Crippen LogP contribution in [0.25, 0.3) is 0 Å². The van der Waals surface area contributed by atoms with Crippen LogP contribution in [0.5, 0.6) is 0 Å². The van der Waals surface area contributed by atoms with E-state index >= 15 is 0 Å². The molecule has 8 nitrogen and oxygen atoms in total. The fourth-order valence-corrected chi connectivity index (χ4v) is 7.40. The van der Waals surface area contributed by atoms with E-state index < -0.39 is 26.6 Å². The van der Waals surface area contributed by atoms with Crippen LogP contribution in [-0.2, 0) is 18.4 Å². The van der Waals surface area contributed by atoms with Crippen molar-refractivity contribution in [3.63, 3.8) is 0 Å². The first-order chi connectivity index (χ1) is 28.5. The second kappa shape index (κ2) is 41.5. The number of quaternary nitrogens is 1. The van der Waals surface area contributed by atoms with Crippen LogP contribution >= 0.6 is 7.82 Å². The Morgan fingerprint density at radius 2 is 1.03 bits per heavy atom. The van der Waals surface area contributed by atoms with Crippen LogP contribution in [0.1, 0.15) is 200 Å². The maximum atomic E-state index is 12.9. The van der Waals surface area contributed by atoms with Gasteiger partial charge in [0.1, 0.15) is 13.2 Å². The topological polar surface area (TPSA) is 108 Å². The van der Waals surface area contributed by atoms with Gasteiger partial charge in [-0.3, -0.25) is 9.36 Å². The summed E-state index contributed by atoms with van der Waals surface area (Å²) in [7, 11) is 1.24. The van der Waals surface area contributed by atoms with Crippen LogP contribution in [0.3, 0.4) is 0 Å². The van der Waals surface area contributed by atoms with Crippen LogP contribution in [0, 0.1) is 0 Å². The zero-order valence-corrected chi connectivity index (χ0v) is 39.8. The molecule has 344 valence electrons. The third kappa shape index (κ3) is 44.1. The number of hydrogen-bond donors (Lipinski definition) is 2. The van der Waals surface area contributed by atoms with Gasteiger partial charge in [-0.1, -0.05) is 197 Å². The third-order valence-corrected chi connectivity index (χ3v) is 11.4. The molecule has 0 saturated carbocycles. The molecule has 0 bridgehead atoms. The largest absolute Gasteiger partial charge is 0.756 e. The molecule has 0 aromatic heterocycles. The van der Waals surface area contributed by atoms with Crippen molar-refractivity contribution in [1.29, 1.82) is 0 Å². The van der Waals surface area contributed by atoms with E-state index in [9.17, 15) is 19.4 Å². The molecule has 0 spiro atoms. The van der Waals surface area contributed by atoms with Gasteiger partial charge < -0.3 is 28.8 Å². The van der Waals surface area contributed by atoms with Gasteiger partial charge in [0.2, 0.25) is 5.91 Å². The van der Waals surface area contributed by atoms with Crippen molar-refractivity contribution in [1.82, 2.24) is 5.32 Å². The van der Waals surface area contributed by atoms with Crippen molar-refractivity contribution in [2.75, 3.05) is 40.9 Å². The number of nitrogens with one attached hydrogen (secondary N) is 1. The van der Waals surface area contributed by atoms with E-state index in [1.54, 1.807) is 6.08 Å². The fourth-order valence-electron chi connectivity index (χ4n) is 6.67. The summed E-state index contributed by atoms with van der Waals surface area (Å²) < 4.78 is 23.2. The Morgan fingerprint density at radius 3 is 1.51 bits per heavy atom. The smallest absolute Gasteiger partial charge is 0.268 e. The molecular weight excluding hydrogens is 756 g/mol. The molecule has 3 unspecified atom stereocenters. The molecule has 0 radical (unpaired) electrons. The standard InChI is InChI=1S/C50H93N2O6P/c1-6-8-10-12-14-16-18-20-22-24-25-26-28-29-31-33-35-37-39-41-43-49(53)48(47-58-59(55,56)57-46-45-52(3,4)5)51-50(54)44-42-40-38-36-34-32-30-27-23-21-19-17-15-13-11-9-7-2/h9,11,15,17,21,23,30,32,41,43,48-49,53H,6-8,10,12-14,16,18-20,22,24-29,31,33-40,42,44-47H2,1-5H3,(H-,51,54,55,56)/b11-9-,17-15-,23-21-,32-30-,43-41+. The highest BCUT2D eigenvalue weighted by atomic mass is 31.2. The number of amides is 1. The van der Waals surface area contributed by atoms with Crippen molar-refractivity contribution in [3.05, 3.63) is 60.8 Å². The third-order valence-electron chi connectivity index (χ3n) is 10.5. The highest BCUT2D eigenvalue weighted by Gasteiger charge is 2.23. The Bertz CT molecular complexity index is 1140. The SMILES string of the molecule is CC/C=C\C/C=C\C/C=C\C/C=C\CCCCCCC(=O)NC(COP(=O)([O-])OCC[N+](C)(C)C)C(O)/C=C/CCCCCCCCCCCCCCCCCCCC. The van der Waals surface area contributed by atoms with Crippen LogP contribution < -0.4 is 10.2 Å². The number of likely N-dealkylation sites (N-methyl/N-ethyl adjacent to an activating group) is 1. The van der Waals surface area contributed by atoms with Gasteiger partial charge in [0, 0.05) is 6.42 Å². The Morgan fingerprint density at radius 1 is 0.610 bits per heavy atom. The minimum absolute atomic E-state index is 0.00849. The lowest BCUT2D eigenvalue weighted by Crippen LogP contribution is -2.45. The number of hydrogen-bond acceptors (Lipinski definition) is 6. The molecule has 0 saturated heterocycles. The molecule has 3 atom stereocenters. The summed E-state index contributed by atoms with van der Waals surface area (Å²) in [5.41, 5.74) is 0. The van der Waals surface area contributed by atoms with E-state index in [4.69, 9.17) is 9.05 Å². The van der Waals surface area contributed by atoms with Gasteiger partial charge in [-0.25, -0.2) is 0 Å². The number of allylic oxidation sites excluding steroid dienone is 9. The van der Waals surface area contributed by atoms with E-state index in [1.807, 2.05) is 27.2 Å². The minimum atomic E-state index is -4.60. The molecule has 0 aliphatic carbocycles. The van der Waals surface area contributed by atoms with Gasteiger partial charge in [-0.15, -0.1) is 0 Å². The van der Waals surface area contributed by atoms with Crippen molar-refractivity contribution in [2.24, 2.45) is 0 Å². The van der Waals surface area contributed by atoms with E-state index in [0.29, 0.717) is 17.4 Å². The minimum Gasteiger partial charge on any atom is -0.756 e. The lowest BCUT2D eigenvalue weighted by Gasteiger charge is -2.29. The number of carbonyl (C=O) groups excluding carboxylic acids is 1. The number of phosphoric ester groups is 1. The zero-order valence-electron chi connectivity index (χ0n) is 38.9. The number of unbranched alkanes of at least 4 members (excludes halogenated alkanes) is 22. The van der Waals surface area contributed by atoms with Crippen LogP contribution in [0.15, 0.2) is 60.8 Å². The Labute approximate surface area is 364 Å². The molecule has 0 aromatic rings. The first kappa shape index (κ1) is 57.2.